The lowest BCUT2D eigenvalue weighted by molar-refractivity contribution is -0.136. The average molecular weight is 492 g/mol. The molecule has 0 radical (unpaired) electrons. The molecule has 7 heteroatoms. The minimum Gasteiger partial charge on any atom is -0.493 e. The van der Waals surface area contributed by atoms with Crippen LogP contribution in [0.4, 0.5) is 18.9 Å². The van der Waals surface area contributed by atoms with Gasteiger partial charge in [0.15, 0.2) is 0 Å². The van der Waals surface area contributed by atoms with Crippen molar-refractivity contribution in [3.63, 3.8) is 0 Å². The number of hydrogen-bond donors (Lipinski definition) is 1. The Hall–Kier alpha value is -4.26. The lowest BCUT2D eigenvalue weighted by atomic mass is 10.1. The molecule has 0 atom stereocenters. The zero-order chi connectivity index (χ0) is 25.5. The number of para-hydroxylation sites is 1. The van der Waals surface area contributed by atoms with Crippen molar-refractivity contribution in [2.75, 3.05) is 11.9 Å². The summed E-state index contributed by atoms with van der Waals surface area (Å²) in [5.41, 5.74) is 1.71. The van der Waals surface area contributed by atoms with Gasteiger partial charge in [0, 0.05) is 11.1 Å². The van der Waals surface area contributed by atoms with Gasteiger partial charge in [-0.3, -0.25) is 4.79 Å². The second-order valence-corrected chi connectivity index (χ2v) is 7.93. The van der Waals surface area contributed by atoms with Crippen molar-refractivity contribution in [3.8, 4) is 22.6 Å². The standard InChI is InChI=1S/C29H24F3NO3/c1-2-35-27-17-14-22(28(34)33-26-11-7-6-10-25(26)29(30,31)32)18-23(27)19-36-24-15-12-21(13-16-24)20-8-4-3-5-9-20/h3-18H,2,19H2,1H3,(H,33,34). The Morgan fingerprint density at radius 3 is 2.17 bits per heavy atom. The van der Waals surface area contributed by atoms with Crippen LogP contribution in [0.15, 0.2) is 97.1 Å². The van der Waals surface area contributed by atoms with Gasteiger partial charge in [-0.15, -0.1) is 0 Å². The largest absolute Gasteiger partial charge is 0.493 e. The van der Waals surface area contributed by atoms with E-state index in [1.807, 2.05) is 61.5 Å². The number of anilines is 1. The Labute approximate surface area is 207 Å². The molecule has 4 aromatic rings. The SMILES string of the molecule is CCOc1ccc(C(=O)Nc2ccccc2C(F)(F)F)cc1COc1ccc(-c2ccccc2)cc1. The highest BCUT2D eigenvalue weighted by Gasteiger charge is 2.33. The summed E-state index contributed by atoms with van der Waals surface area (Å²) in [7, 11) is 0. The second-order valence-electron chi connectivity index (χ2n) is 7.93. The molecule has 0 spiro atoms. The van der Waals surface area contributed by atoms with E-state index in [0.717, 1.165) is 17.2 Å². The van der Waals surface area contributed by atoms with Crippen molar-refractivity contribution < 1.29 is 27.4 Å². The lowest BCUT2D eigenvalue weighted by Crippen LogP contribution is -2.17. The van der Waals surface area contributed by atoms with E-state index in [2.05, 4.69) is 5.32 Å². The van der Waals surface area contributed by atoms with Crippen LogP contribution in [0.25, 0.3) is 11.1 Å². The molecule has 0 saturated carbocycles. The second kappa shape index (κ2) is 11.0. The van der Waals surface area contributed by atoms with E-state index in [9.17, 15) is 18.0 Å². The van der Waals surface area contributed by atoms with Gasteiger partial charge in [-0.1, -0.05) is 54.6 Å². The average Bonchev–Trinajstić information content (AvgIpc) is 2.89. The minimum atomic E-state index is -4.59. The van der Waals surface area contributed by atoms with E-state index >= 15 is 0 Å². The zero-order valence-corrected chi connectivity index (χ0v) is 19.5. The Morgan fingerprint density at radius 2 is 1.47 bits per heavy atom. The monoisotopic (exact) mass is 491 g/mol. The Bertz CT molecular complexity index is 1320. The van der Waals surface area contributed by atoms with E-state index in [-0.39, 0.29) is 17.9 Å². The molecule has 4 nitrogen and oxygen atoms in total. The molecule has 0 bridgehead atoms. The molecule has 0 fully saturated rings. The van der Waals surface area contributed by atoms with E-state index < -0.39 is 17.6 Å². The molecule has 36 heavy (non-hydrogen) atoms. The Morgan fingerprint density at radius 1 is 0.806 bits per heavy atom. The van der Waals surface area contributed by atoms with Crippen LogP contribution in [-0.2, 0) is 12.8 Å². The molecular weight excluding hydrogens is 467 g/mol. The van der Waals surface area contributed by atoms with Crippen LogP contribution in [0.3, 0.4) is 0 Å². The summed E-state index contributed by atoms with van der Waals surface area (Å²) in [5.74, 6) is 0.500. The van der Waals surface area contributed by atoms with Crippen molar-refractivity contribution in [2.24, 2.45) is 0 Å². The predicted octanol–water partition coefficient (Wildman–Crippen LogP) is 7.60. The third-order valence-electron chi connectivity index (χ3n) is 5.46. The molecule has 0 saturated heterocycles. The Balaban J connectivity index is 1.51. The first-order valence-corrected chi connectivity index (χ1v) is 11.4. The smallest absolute Gasteiger partial charge is 0.418 e. The number of amides is 1. The highest BCUT2D eigenvalue weighted by molar-refractivity contribution is 6.05. The molecule has 0 aliphatic rings. The number of nitrogens with one attached hydrogen (secondary N) is 1. The fourth-order valence-electron chi connectivity index (χ4n) is 3.70. The molecule has 4 aromatic carbocycles. The van der Waals surface area contributed by atoms with Crippen molar-refractivity contribution in [1.29, 1.82) is 0 Å². The molecule has 1 amide bonds. The van der Waals surface area contributed by atoms with Gasteiger partial charge in [-0.05, 0) is 60.5 Å². The van der Waals surface area contributed by atoms with E-state index in [0.29, 0.717) is 23.7 Å². The van der Waals surface area contributed by atoms with Gasteiger partial charge < -0.3 is 14.8 Å². The van der Waals surface area contributed by atoms with Crippen molar-refractivity contribution >= 4 is 11.6 Å². The number of alkyl halides is 3. The van der Waals surface area contributed by atoms with Gasteiger partial charge in [-0.25, -0.2) is 0 Å². The molecule has 184 valence electrons. The first kappa shape index (κ1) is 24.9. The molecule has 4 rings (SSSR count). The maximum absolute atomic E-state index is 13.3. The highest BCUT2D eigenvalue weighted by Crippen LogP contribution is 2.35. The topological polar surface area (TPSA) is 47.6 Å². The van der Waals surface area contributed by atoms with Gasteiger partial charge in [0.2, 0.25) is 0 Å². The Kier molecular flexibility index (Phi) is 7.59. The molecule has 0 unspecified atom stereocenters. The van der Waals surface area contributed by atoms with Crippen molar-refractivity contribution in [1.82, 2.24) is 0 Å². The number of carbonyl (C=O) groups excluding carboxylic acids is 1. The number of carbonyl (C=O) groups is 1. The molecule has 0 aliphatic heterocycles. The molecule has 0 heterocycles. The number of benzene rings is 4. The normalized spacial score (nSPS) is 11.1. The summed E-state index contributed by atoms with van der Waals surface area (Å²) < 4.78 is 51.5. The molecular formula is C29H24F3NO3. The van der Waals surface area contributed by atoms with Crippen LogP contribution in [0.2, 0.25) is 0 Å². The van der Waals surface area contributed by atoms with Gasteiger partial charge >= 0.3 is 6.18 Å². The minimum absolute atomic E-state index is 0.111. The summed E-state index contributed by atoms with van der Waals surface area (Å²) in [6.07, 6.45) is -4.59. The fourth-order valence-corrected chi connectivity index (χ4v) is 3.70. The van der Waals surface area contributed by atoms with E-state index in [1.165, 1.54) is 24.3 Å². The molecule has 1 N–H and O–H groups in total. The summed E-state index contributed by atoms with van der Waals surface area (Å²) in [6.45, 7) is 2.35. The van der Waals surface area contributed by atoms with Crippen molar-refractivity contribution in [3.05, 3.63) is 114 Å². The van der Waals surface area contributed by atoms with E-state index in [4.69, 9.17) is 9.47 Å². The number of ether oxygens (including phenoxy) is 2. The summed E-state index contributed by atoms with van der Waals surface area (Å²) in [4.78, 5) is 12.8. The lowest BCUT2D eigenvalue weighted by Gasteiger charge is -2.15. The third-order valence-corrected chi connectivity index (χ3v) is 5.46. The summed E-state index contributed by atoms with van der Waals surface area (Å²) in [6, 6.07) is 27.1. The van der Waals surface area contributed by atoms with Crippen LogP contribution >= 0.6 is 0 Å². The predicted molar refractivity (Wildman–Crippen MR) is 133 cm³/mol. The first-order valence-electron chi connectivity index (χ1n) is 11.4. The van der Waals surface area contributed by atoms with Gasteiger partial charge in [0.25, 0.3) is 5.91 Å². The van der Waals surface area contributed by atoms with Gasteiger partial charge in [0.1, 0.15) is 18.1 Å². The summed E-state index contributed by atoms with van der Waals surface area (Å²) >= 11 is 0. The van der Waals surface area contributed by atoms with Gasteiger partial charge in [-0.2, -0.15) is 13.2 Å². The van der Waals surface area contributed by atoms with Crippen LogP contribution in [0, 0.1) is 0 Å². The van der Waals surface area contributed by atoms with Crippen LogP contribution < -0.4 is 14.8 Å². The number of rotatable bonds is 8. The van der Waals surface area contributed by atoms with E-state index in [1.54, 1.807) is 12.1 Å². The quantitative estimate of drug-likeness (QED) is 0.276. The third kappa shape index (κ3) is 6.05. The van der Waals surface area contributed by atoms with Crippen molar-refractivity contribution in [2.45, 2.75) is 19.7 Å². The molecule has 0 aliphatic carbocycles. The zero-order valence-electron chi connectivity index (χ0n) is 19.5. The number of halogens is 3. The highest BCUT2D eigenvalue weighted by atomic mass is 19.4. The number of hydrogen-bond acceptors (Lipinski definition) is 3. The maximum Gasteiger partial charge on any atom is 0.418 e. The maximum atomic E-state index is 13.3. The first-order chi connectivity index (χ1) is 17.3. The van der Waals surface area contributed by atoms with Crippen LogP contribution in [0.1, 0.15) is 28.4 Å². The van der Waals surface area contributed by atoms with Crippen LogP contribution in [-0.4, -0.2) is 12.5 Å². The van der Waals surface area contributed by atoms with Crippen LogP contribution in [0.5, 0.6) is 11.5 Å². The summed E-state index contributed by atoms with van der Waals surface area (Å²) in [5, 5.41) is 2.37. The fraction of sp³-hybridized carbons (Fsp3) is 0.138. The molecule has 0 aromatic heterocycles. The van der Waals surface area contributed by atoms with Gasteiger partial charge in [0.05, 0.1) is 17.9 Å².